The van der Waals surface area contributed by atoms with Crippen molar-refractivity contribution >= 4 is 11.9 Å². The van der Waals surface area contributed by atoms with E-state index in [-0.39, 0.29) is 18.5 Å². The van der Waals surface area contributed by atoms with E-state index in [4.69, 9.17) is 14.2 Å². The van der Waals surface area contributed by atoms with E-state index in [2.05, 4.69) is 55.6 Å². The van der Waals surface area contributed by atoms with Crippen LogP contribution in [-0.2, 0) is 23.8 Å². The highest BCUT2D eigenvalue weighted by Crippen LogP contribution is 2.23. The van der Waals surface area contributed by atoms with Gasteiger partial charge in [0.15, 0.2) is 6.29 Å². The lowest BCUT2D eigenvalue weighted by atomic mass is 9.99. The van der Waals surface area contributed by atoms with Gasteiger partial charge in [0.2, 0.25) is 5.91 Å². The maximum atomic E-state index is 13.0. The lowest BCUT2D eigenvalue weighted by Crippen LogP contribution is -2.60. The smallest absolute Gasteiger partial charge is 0.305 e. The van der Waals surface area contributed by atoms with Crippen LogP contribution in [0.25, 0.3) is 0 Å². The number of aliphatic hydroxyl groups excluding tert-OH is 5. The molecule has 7 atom stereocenters. The predicted octanol–water partition coefficient (Wildman–Crippen LogP) is 10.9. The summed E-state index contributed by atoms with van der Waals surface area (Å²) >= 11 is 0. The molecule has 1 rings (SSSR count). The number of hydrogen-bond donors (Lipinski definition) is 6. The molecule has 1 aliphatic heterocycles. The van der Waals surface area contributed by atoms with E-state index >= 15 is 0 Å². The molecule has 0 aromatic heterocycles. The van der Waals surface area contributed by atoms with Gasteiger partial charge in [0.1, 0.15) is 24.4 Å². The molecule has 1 heterocycles. The first-order chi connectivity index (χ1) is 31.7. The highest BCUT2D eigenvalue weighted by Gasteiger charge is 2.44. The Kier molecular flexibility index (Phi) is 41.2. The first kappa shape index (κ1) is 60.6. The Labute approximate surface area is 396 Å². The van der Waals surface area contributed by atoms with E-state index in [9.17, 15) is 35.1 Å². The number of nitrogens with one attached hydrogen (secondary N) is 1. The molecule has 11 heteroatoms. The van der Waals surface area contributed by atoms with Gasteiger partial charge < -0.3 is 45.1 Å². The molecule has 0 aromatic rings. The van der Waals surface area contributed by atoms with Crippen LogP contribution < -0.4 is 5.32 Å². The Bertz CT molecular complexity index is 1220. The zero-order valence-electron chi connectivity index (χ0n) is 41.2. The first-order valence-corrected chi connectivity index (χ1v) is 26.4. The van der Waals surface area contributed by atoms with Crippen molar-refractivity contribution < 1.29 is 49.3 Å². The fourth-order valence-electron chi connectivity index (χ4n) is 7.88. The van der Waals surface area contributed by atoms with Crippen LogP contribution in [0.15, 0.2) is 48.6 Å². The fraction of sp³-hybridized carbons (Fsp3) is 0.815. The fourth-order valence-corrected chi connectivity index (χ4v) is 7.88. The summed E-state index contributed by atoms with van der Waals surface area (Å²) in [7, 11) is 0. The van der Waals surface area contributed by atoms with Crippen LogP contribution in [-0.4, -0.2) is 100 Å². The molecule has 1 aliphatic rings. The van der Waals surface area contributed by atoms with Crippen LogP contribution in [0.3, 0.4) is 0 Å². The van der Waals surface area contributed by atoms with Crippen molar-refractivity contribution in [3.8, 4) is 0 Å². The van der Waals surface area contributed by atoms with E-state index in [1.165, 1.54) is 83.5 Å². The second kappa shape index (κ2) is 44.1. The maximum Gasteiger partial charge on any atom is 0.305 e. The summed E-state index contributed by atoms with van der Waals surface area (Å²) in [5, 5.41) is 54.1. The van der Waals surface area contributed by atoms with E-state index < -0.39 is 49.5 Å². The highest BCUT2D eigenvalue weighted by molar-refractivity contribution is 5.76. The molecular weight excluding hydrogens is 823 g/mol. The number of carbonyl (C=O) groups excluding carboxylic acids is 2. The van der Waals surface area contributed by atoms with Crippen molar-refractivity contribution in [3.05, 3.63) is 48.6 Å². The van der Waals surface area contributed by atoms with Gasteiger partial charge in [-0.3, -0.25) is 9.59 Å². The third kappa shape index (κ3) is 34.6. The molecule has 6 N–H and O–H groups in total. The topological polar surface area (TPSA) is 175 Å². The third-order valence-electron chi connectivity index (χ3n) is 12.1. The van der Waals surface area contributed by atoms with Gasteiger partial charge in [0.05, 0.1) is 32.0 Å². The molecule has 0 radical (unpaired) electrons. The minimum atomic E-state index is -1.59. The average Bonchev–Trinajstić information content (AvgIpc) is 3.30. The first-order valence-electron chi connectivity index (χ1n) is 26.4. The quantitative estimate of drug-likeness (QED) is 0.0196. The van der Waals surface area contributed by atoms with Gasteiger partial charge in [-0.1, -0.05) is 178 Å². The molecule has 0 bridgehead atoms. The summed E-state index contributed by atoms with van der Waals surface area (Å²) in [6.07, 6.45) is 43.4. The summed E-state index contributed by atoms with van der Waals surface area (Å²) in [6, 6.07) is -0.845. The zero-order valence-corrected chi connectivity index (χ0v) is 41.2. The van der Waals surface area contributed by atoms with Crippen LogP contribution in [0.2, 0.25) is 0 Å². The van der Waals surface area contributed by atoms with Crippen molar-refractivity contribution in [1.29, 1.82) is 0 Å². The minimum Gasteiger partial charge on any atom is -0.466 e. The van der Waals surface area contributed by atoms with Crippen molar-refractivity contribution in [2.75, 3.05) is 19.8 Å². The number of aliphatic hydroxyl groups is 5. The Hall–Kier alpha value is -2.38. The van der Waals surface area contributed by atoms with Crippen LogP contribution in [0.1, 0.15) is 219 Å². The van der Waals surface area contributed by atoms with Crippen molar-refractivity contribution in [1.82, 2.24) is 5.32 Å². The third-order valence-corrected chi connectivity index (χ3v) is 12.1. The van der Waals surface area contributed by atoms with Gasteiger partial charge in [-0.2, -0.15) is 0 Å². The summed E-state index contributed by atoms with van der Waals surface area (Å²) in [4.78, 5) is 25.0. The van der Waals surface area contributed by atoms with Gasteiger partial charge in [-0.25, -0.2) is 0 Å². The van der Waals surface area contributed by atoms with Gasteiger partial charge in [0.25, 0.3) is 0 Å². The van der Waals surface area contributed by atoms with E-state index in [0.717, 1.165) is 103 Å². The van der Waals surface area contributed by atoms with Gasteiger partial charge in [0, 0.05) is 12.8 Å². The molecule has 0 aromatic carbocycles. The maximum absolute atomic E-state index is 13.0. The zero-order chi connectivity index (χ0) is 47.4. The van der Waals surface area contributed by atoms with Gasteiger partial charge in [-0.15, -0.1) is 0 Å². The van der Waals surface area contributed by atoms with E-state index in [0.29, 0.717) is 25.9 Å². The molecule has 1 saturated heterocycles. The second-order valence-corrected chi connectivity index (χ2v) is 18.2. The van der Waals surface area contributed by atoms with Crippen molar-refractivity contribution in [3.63, 3.8) is 0 Å². The second-order valence-electron chi connectivity index (χ2n) is 18.2. The lowest BCUT2D eigenvalue weighted by Gasteiger charge is -2.40. The minimum absolute atomic E-state index is 0.0321. The summed E-state index contributed by atoms with van der Waals surface area (Å²) < 4.78 is 16.6. The monoisotopic (exact) mass is 920 g/mol. The number of allylic oxidation sites excluding steroid dienone is 7. The highest BCUT2D eigenvalue weighted by atomic mass is 16.7. The number of rotatable bonds is 44. The number of esters is 1. The Morgan fingerprint density at radius 1 is 0.554 bits per heavy atom. The molecule has 65 heavy (non-hydrogen) atoms. The van der Waals surface area contributed by atoms with Crippen molar-refractivity contribution in [2.24, 2.45) is 0 Å². The van der Waals surface area contributed by atoms with Crippen LogP contribution in [0.5, 0.6) is 0 Å². The van der Waals surface area contributed by atoms with E-state index in [1.807, 2.05) is 6.08 Å². The number of hydrogen-bond acceptors (Lipinski definition) is 10. The average molecular weight is 920 g/mol. The molecule has 378 valence electrons. The van der Waals surface area contributed by atoms with Crippen LogP contribution in [0, 0.1) is 0 Å². The number of unbranched alkanes of at least 4 members (excludes halogenated alkanes) is 24. The van der Waals surface area contributed by atoms with Crippen LogP contribution >= 0.6 is 0 Å². The summed E-state index contributed by atoms with van der Waals surface area (Å²) in [5.74, 6) is -0.247. The number of carbonyl (C=O) groups is 2. The Morgan fingerprint density at radius 3 is 1.58 bits per heavy atom. The molecule has 11 nitrogen and oxygen atoms in total. The largest absolute Gasteiger partial charge is 0.466 e. The van der Waals surface area contributed by atoms with Gasteiger partial charge in [-0.05, 0) is 77.0 Å². The lowest BCUT2D eigenvalue weighted by molar-refractivity contribution is -0.302. The molecule has 7 unspecified atom stereocenters. The molecule has 1 fully saturated rings. The number of ether oxygens (including phenoxy) is 3. The SMILES string of the molecule is CCC/C=C/CC/C=C/CC/C=C/C(O)C(COC1OC(CO)C(O)C(O)C1O)NC(=O)CCCCCCCCC/C=C\CCCCCCOC(=O)CCCCCCCCCCCCC. The molecule has 0 saturated carbocycles. The Balaban J connectivity index is 2.18. The van der Waals surface area contributed by atoms with Crippen molar-refractivity contribution in [2.45, 2.75) is 262 Å². The van der Waals surface area contributed by atoms with Gasteiger partial charge >= 0.3 is 5.97 Å². The summed E-state index contributed by atoms with van der Waals surface area (Å²) in [5.41, 5.74) is 0. The normalized spacial score (nSPS) is 20.1. The standard InChI is InChI=1S/C54H97NO10/c1-3-5-7-9-11-13-20-24-28-32-36-40-47(57)46(45-64-54-53(62)52(61)51(60)48(44-56)65-54)55-49(58)41-37-33-29-25-22-18-16-15-17-19-23-27-31-35-39-43-63-50(59)42-38-34-30-26-21-14-12-10-8-6-4-2/h7,9,17,19-20,24,36,40,46-48,51-54,56-57,60-62H,3-6,8,10-16,18,21-23,25-35,37-39,41-45H2,1-2H3,(H,55,58)/b9-7+,19-17-,24-20+,40-36+. The summed E-state index contributed by atoms with van der Waals surface area (Å²) in [6.45, 7) is 4.17. The van der Waals surface area contributed by atoms with E-state index in [1.54, 1.807) is 6.08 Å². The molecule has 0 aliphatic carbocycles. The predicted molar refractivity (Wildman–Crippen MR) is 264 cm³/mol. The Morgan fingerprint density at radius 2 is 1.03 bits per heavy atom. The van der Waals surface area contributed by atoms with Crippen LogP contribution in [0.4, 0.5) is 0 Å². The molecular formula is C54H97NO10. The number of amides is 1. The molecule has 1 amide bonds. The molecule has 0 spiro atoms.